The quantitative estimate of drug-likeness (QED) is 0.322. The topological polar surface area (TPSA) is 40.2 Å². The molecule has 0 aromatic heterocycles. The van der Waals surface area contributed by atoms with Crippen LogP contribution in [0.5, 0.6) is 0 Å². The number of halogens is 5. The number of nitrogens with zero attached hydrogens (tertiary/aromatic N) is 3. The van der Waals surface area contributed by atoms with Crippen molar-refractivity contribution in [2.24, 2.45) is 0 Å². The molecule has 1 N–H and O–H groups in total. The van der Waals surface area contributed by atoms with Crippen LogP contribution in [0.4, 0.5) is 5.69 Å². The Morgan fingerprint density at radius 1 is 0.730 bits per heavy atom. The summed E-state index contributed by atoms with van der Waals surface area (Å²) in [7, 11) is 0. The molecule has 6 rings (SSSR count). The third-order valence-electron chi connectivity index (χ3n) is 6.87. The zero-order valence-corrected chi connectivity index (χ0v) is 27.5. The maximum Gasteiger partial charge on any atom is 0.0650 e. The van der Waals surface area contributed by atoms with Crippen molar-refractivity contribution >= 4 is 83.3 Å². The van der Waals surface area contributed by atoms with Crippen LogP contribution >= 0.6 is 77.7 Å². The summed E-state index contributed by atoms with van der Waals surface area (Å²) in [5.74, 6) is 0. The predicted octanol–water partition coefficient (Wildman–Crippen LogP) is 5.62. The Kier molecular flexibility index (Phi) is 12.6. The van der Waals surface area contributed by atoms with Gasteiger partial charge in [0.05, 0.1) is 54.2 Å². The van der Waals surface area contributed by atoms with Gasteiger partial charge in [-0.2, -0.15) is 0 Å². The van der Waals surface area contributed by atoms with E-state index in [-0.39, 0.29) is 0 Å². The molecule has 204 valence electrons. The van der Waals surface area contributed by atoms with Gasteiger partial charge in [0.1, 0.15) is 0 Å². The fraction of sp³-hybridized carbons (Fsp3) is 0.538. The number of anilines is 1. The standard InChI is InChI=1S/C13H16BrClN2O.C7H14N2O.C6H3BrClI/c14-10-1-2-13(12(15)7-10)17-5-3-16(4-6-17)11-8-18-9-11;1-3-9(4-2-8-1)7-5-10-6-7;7-4-1-2-6(9)5(8)3-4/h1-2,7,11H,3-6,8-9H2;7-8H,1-6H2;1-3H. The lowest BCUT2D eigenvalue weighted by Crippen LogP contribution is -2.56. The number of rotatable bonds is 3. The van der Waals surface area contributed by atoms with Crippen LogP contribution in [-0.2, 0) is 9.47 Å². The van der Waals surface area contributed by atoms with Crippen LogP contribution < -0.4 is 10.2 Å². The van der Waals surface area contributed by atoms with Crippen LogP contribution in [0.25, 0.3) is 0 Å². The largest absolute Gasteiger partial charge is 0.378 e. The Bertz CT molecular complexity index is 1000. The molecule has 0 aliphatic carbocycles. The molecule has 11 heteroatoms. The highest BCUT2D eigenvalue weighted by Gasteiger charge is 2.29. The molecule has 0 radical (unpaired) electrons. The Balaban J connectivity index is 0.000000143. The maximum absolute atomic E-state index is 6.29. The summed E-state index contributed by atoms with van der Waals surface area (Å²) in [6, 6.07) is 13.3. The fourth-order valence-electron chi connectivity index (χ4n) is 4.45. The van der Waals surface area contributed by atoms with Gasteiger partial charge in [-0.25, -0.2) is 0 Å². The van der Waals surface area contributed by atoms with Gasteiger partial charge in [-0.1, -0.05) is 55.1 Å². The van der Waals surface area contributed by atoms with E-state index in [1.807, 2.05) is 30.3 Å². The number of ether oxygens (including phenoxy) is 2. The monoisotopic (exact) mass is 788 g/mol. The average molecular weight is 791 g/mol. The minimum absolute atomic E-state index is 0.646. The molecule has 0 atom stereocenters. The Labute approximate surface area is 260 Å². The second kappa shape index (κ2) is 15.3. The summed E-state index contributed by atoms with van der Waals surface area (Å²) in [6.45, 7) is 12.7. The van der Waals surface area contributed by atoms with E-state index in [1.54, 1.807) is 0 Å². The van der Waals surface area contributed by atoms with Gasteiger partial charge in [-0.15, -0.1) is 0 Å². The summed E-state index contributed by atoms with van der Waals surface area (Å²) in [5, 5.41) is 4.96. The van der Waals surface area contributed by atoms with E-state index >= 15 is 0 Å². The number of nitrogens with one attached hydrogen (secondary N) is 1. The summed E-state index contributed by atoms with van der Waals surface area (Å²) >= 11 is 21.0. The molecule has 0 amide bonds. The lowest BCUT2D eigenvalue weighted by molar-refractivity contribution is -0.0677. The van der Waals surface area contributed by atoms with Crippen molar-refractivity contribution in [1.29, 1.82) is 0 Å². The first-order valence-electron chi connectivity index (χ1n) is 12.6. The van der Waals surface area contributed by atoms with Crippen molar-refractivity contribution in [1.82, 2.24) is 15.1 Å². The van der Waals surface area contributed by atoms with E-state index in [1.165, 1.54) is 13.1 Å². The first-order valence-corrected chi connectivity index (χ1v) is 16.0. The Morgan fingerprint density at radius 3 is 1.70 bits per heavy atom. The molecule has 2 aromatic carbocycles. The number of piperazine rings is 2. The van der Waals surface area contributed by atoms with Crippen molar-refractivity contribution in [2.75, 3.05) is 83.7 Å². The molecule has 6 nitrogen and oxygen atoms in total. The van der Waals surface area contributed by atoms with E-state index < -0.39 is 0 Å². The van der Waals surface area contributed by atoms with E-state index in [0.717, 1.165) is 100.0 Å². The molecular formula is C26H33Br2Cl2IN4O2. The van der Waals surface area contributed by atoms with Gasteiger partial charge in [-0.3, -0.25) is 9.80 Å². The minimum atomic E-state index is 0.646. The van der Waals surface area contributed by atoms with Crippen LogP contribution in [0.2, 0.25) is 10.0 Å². The summed E-state index contributed by atoms with van der Waals surface area (Å²) in [4.78, 5) is 7.40. The van der Waals surface area contributed by atoms with Gasteiger partial charge in [-0.05, 0) is 59.0 Å². The molecule has 4 fully saturated rings. The van der Waals surface area contributed by atoms with Crippen molar-refractivity contribution in [3.05, 3.63) is 59.0 Å². The first kappa shape index (κ1) is 30.3. The molecule has 0 saturated carbocycles. The van der Waals surface area contributed by atoms with Crippen LogP contribution in [0.3, 0.4) is 0 Å². The first-order chi connectivity index (χ1) is 17.9. The van der Waals surface area contributed by atoms with Gasteiger partial charge in [0, 0.05) is 64.9 Å². The van der Waals surface area contributed by atoms with E-state index in [9.17, 15) is 0 Å². The molecule has 4 aliphatic rings. The molecular weight excluding hydrogens is 758 g/mol. The number of benzene rings is 2. The average Bonchev–Trinajstić information content (AvgIpc) is 2.82. The lowest BCUT2D eigenvalue weighted by Gasteiger charge is -2.43. The van der Waals surface area contributed by atoms with Gasteiger partial charge >= 0.3 is 0 Å². The minimum Gasteiger partial charge on any atom is -0.378 e. The fourth-order valence-corrected chi connectivity index (χ4v) is 6.25. The highest BCUT2D eigenvalue weighted by atomic mass is 127. The maximum atomic E-state index is 6.29. The van der Waals surface area contributed by atoms with Crippen molar-refractivity contribution in [2.45, 2.75) is 12.1 Å². The van der Waals surface area contributed by atoms with E-state index in [2.05, 4.69) is 80.5 Å². The zero-order chi connectivity index (χ0) is 26.2. The molecule has 0 bridgehead atoms. The molecule has 0 unspecified atom stereocenters. The summed E-state index contributed by atoms with van der Waals surface area (Å²) in [6.07, 6.45) is 0. The van der Waals surface area contributed by atoms with Crippen LogP contribution in [0.15, 0.2) is 45.3 Å². The van der Waals surface area contributed by atoms with Crippen molar-refractivity contribution < 1.29 is 9.47 Å². The third-order valence-corrected chi connectivity index (χ3v) is 9.73. The van der Waals surface area contributed by atoms with Crippen molar-refractivity contribution in [3.63, 3.8) is 0 Å². The predicted molar refractivity (Wildman–Crippen MR) is 168 cm³/mol. The number of hydrogen-bond donors (Lipinski definition) is 1. The third kappa shape index (κ3) is 9.16. The second-order valence-electron chi connectivity index (χ2n) is 9.35. The van der Waals surface area contributed by atoms with Crippen molar-refractivity contribution in [3.8, 4) is 0 Å². The number of hydrogen-bond acceptors (Lipinski definition) is 6. The molecule has 0 spiro atoms. The van der Waals surface area contributed by atoms with Crippen LogP contribution in [0, 0.1) is 3.57 Å². The van der Waals surface area contributed by atoms with Gasteiger partial charge in [0.2, 0.25) is 0 Å². The second-order valence-corrected chi connectivity index (χ2v) is 13.2. The van der Waals surface area contributed by atoms with Gasteiger partial charge in [0.15, 0.2) is 0 Å². The van der Waals surface area contributed by atoms with Gasteiger partial charge in [0.25, 0.3) is 0 Å². The normalized spacial score (nSPS) is 21.2. The summed E-state index contributed by atoms with van der Waals surface area (Å²) in [5.41, 5.74) is 1.14. The molecule has 4 saturated heterocycles. The molecule has 4 aliphatic heterocycles. The SMILES string of the molecule is C1CN(C2COC2)CCN1.Clc1cc(Br)ccc1I.Clc1cc(Br)ccc1N1CCN(C2COC2)CC1. The Morgan fingerprint density at radius 2 is 1.24 bits per heavy atom. The molecule has 4 heterocycles. The van der Waals surface area contributed by atoms with E-state index in [0.29, 0.717) is 6.04 Å². The molecule has 37 heavy (non-hydrogen) atoms. The van der Waals surface area contributed by atoms with Gasteiger partial charge < -0.3 is 19.7 Å². The molecule has 2 aromatic rings. The zero-order valence-electron chi connectivity index (χ0n) is 20.7. The smallest absolute Gasteiger partial charge is 0.0650 e. The highest BCUT2D eigenvalue weighted by Crippen LogP contribution is 2.30. The van der Waals surface area contributed by atoms with E-state index in [4.69, 9.17) is 32.7 Å². The lowest BCUT2D eigenvalue weighted by atomic mass is 10.1. The van der Waals surface area contributed by atoms with Crippen LogP contribution in [-0.4, -0.2) is 101 Å². The summed E-state index contributed by atoms with van der Waals surface area (Å²) < 4.78 is 13.5. The highest BCUT2D eigenvalue weighted by molar-refractivity contribution is 14.1. The Hall–Kier alpha value is 0.310. The van der Waals surface area contributed by atoms with Crippen LogP contribution in [0.1, 0.15) is 0 Å².